The molecular weight excluding hydrogens is 404 g/mol. The second-order valence-corrected chi connectivity index (χ2v) is 8.84. The van der Waals surface area contributed by atoms with E-state index in [0.29, 0.717) is 45.7 Å². The van der Waals surface area contributed by atoms with Gasteiger partial charge in [0.05, 0.1) is 13.0 Å². The van der Waals surface area contributed by atoms with Gasteiger partial charge in [0.25, 0.3) is 0 Å². The van der Waals surface area contributed by atoms with E-state index in [1.807, 2.05) is 30.3 Å². The lowest BCUT2D eigenvalue weighted by atomic mass is 9.74. The summed E-state index contributed by atoms with van der Waals surface area (Å²) in [6.45, 7) is 2.95. The van der Waals surface area contributed by atoms with Crippen LogP contribution in [0.25, 0.3) is 0 Å². The first-order chi connectivity index (χ1) is 15.6. The first-order valence-corrected chi connectivity index (χ1v) is 11.4. The van der Waals surface area contributed by atoms with Crippen LogP contribution in [-0.4, -0.2) is 50.1 Å². The minimum Gasteiger partial charge on any atom is -0.497 e. The van der Waals surface area contributed by atoms with Gasteiger partial charge in [-0.3, -0.25) is 9.59 Å². The molecule has 0 aromatic heterocycles. The first kappa shape index (κ1) is 22.3. The molecule has 170 valence electrons. The average Bonchev–Trinajstić information content (AvgIpc) is 2.85. The Balaban J connectivity index is 1.39. The second-order valence-electron chi connectivity index (χ2n) is 8.84. The van der Waals surface area contributed by atoms with Gasteiger partial charge in [0.15, 0.2) is 0 Å². The number of piperidine rings is 1. The maximum Gasteiger partial charge on any atom is 0.224 e. The normalized spacial score (nSPS) is 20.6. The highest BCUT2D eigenvalue weighted by molar-refractivity contribution is 5.83. The highest BCUT2D eigenvalue weighted by atomic mass is 16.5. The summed E-state index contributed by atoms with van der Waals surface area (Å²) in [5.41, 5.74) is 2.16. The van der Waals surface area contributed by atoms with Crippen molar-refractivity contribution < 1.29 is 19.1 Å². The molecule has 2 amide bonds. The van der Waals surface area contributed by atoms with Crippen molar-refractivity contribution in [1.29, 1.82) is 0 Å². The Kier molecular flexibility index (Phi) is 7.10. The van der Waals surface area contributed by atoms with Gasteiger partial charge in [-0.05, 0) is 42.5 Å². The first-order valence-electron chi connectivity index (χ1n) is 11.4. The standard InChI is InChI=1S/C26H32N2O4/c1-31-23-9-5-6-20(16-23)17-28-18-21(10-11-24(28)29)25(30)27-19-26(12-14-32-15-13-26)22-7-3-2-4-8-22/h2-9,16,21H,10-15,17-19H2,1H3,(H,27,30)/t21-/m1/s1. The summed E-state index contributed by atoms with van der Waals surface area (Å²) in [5.74, 6) is 0.715. The molecule has 2 aliphatic rings. The van der Waals surface area contributed by atoms with Gasteiger partial charge in [-0.1, -0.05) is 42.5 Å². The Hall–Kier alpha value is -2.86. The fourth-order valence-corrected chi connectivity index (χ4v) is 4.79. The Morgan fingerprint density at radius 1 is 1.16 bits per heavy atom. The molecule has 1 atom stereocenters. The number of benzene rings is 2. The maximum atomic E-state index is 13.1. The molecule has 2 saturated heterocycles. The lowest BCUT2D eigenvalue weighted by molar-refractivity contribution is -0.139. The number of ether oxygens (including phenoxy) is 2. The van der Waals surface area contributed by atoms with Crippen molar-refractivity contribution in [2.45, 2.75) is 37.6 Å². The lowest BCUT2D eigenvalue weighted by Crippen LogP contribution is -2.49. The third-order valence-corrected chi connectivity index (χ3v) is 6.82. The summed E-state index contributed by atoms with van der Waals surface area (Å²) in [7, 11) is 1.63. The van der Waals surface area contributed by atoms with E-state index in [1.54, 1.807) is 12.0 Å². The van der Waals surface area contributed by atoms with Crippen LogP contribution < -0.4 is 10.1 Å². The molecule has 2 heterocycles. The zero-order valence-corrected chi connectivity index (χ0v) is 18.7. The van der Waals surface area contributed by atoms with Gasteiger partial charge in [0.1, 0.15) is 5.75 Å². The van der Waals surface area contributed by atoms with Gasteiger partial charge in [0.2, 0.25) is 11.8 Å². The molecule has 1 N–H and O–H groups in total. The molecule has 6 nitrogen and oxygen atoms in total. The third-order valence-electron chi connectivity index (χ3n) is 6.82. The van der Waals surface area contributed by atoms with Gasteiger partial charge in [-0.2, -0.15) is 0 Å². The molecule has 6 heteroatoms. The van der Waals surface area contributed by atoms with E-state index in [-0.39, 0.29) is 23.1 Å². The molecule has 0 bridgehead atoms. The highest BCUT2D eigenvalue weighted by Crippen LogP contribution is 2.34. The zero-order valence-electron chi connectivity index (χ0n) is 18.7. The van der Waals surface area contributed by atoms with E-state index in [9.17, 15) is 9.59 Å². The molecule has 2 aromatic carbocycles. The molecule has 0 saturated carbocycles. The van der Waals surface area contributed by atoms with Gasteiger partial charge in [-0.15, -0.1) is 0 Å². The van der Waals surface area contributed by atoms with Gasteiger partial charge in [-0.25, -0.2) is 0 Å². The topological polar surface area (TPSA) is 67.9 Å². The Bertz CT molecular complexity index is 924. The van der Waals surface area contributed by atoms with E-state index in [1.165, 1.54) is 5.56 Å². The fraction of sp³-hybridized carbons (Fsp3) is 0.462. The van der Waals surface area contributed by atoms with Crippen molar-refractivity contribution in [2.75, 3.05) is 33.4 Å². The van der Waals surface area contributed by atoms with E-state index in [2.05, 4.69) is 29.6 Å². The number of hydrogen-bond donors (Lipinski definition) is 1. The summed E-state index contributed by atoms with van der Waals surface area (Å²) < 4.78 is 10.9. The lowest BCUT2D eigenvalue weighted by Gasteiger charge is -2.39. The van der Waals surface area contributed by atoms with Crippen LogP contribution in [0.1, 0.15) is 36.8 Å². The van der Waals surface area contributed by atoms with Crippen LogP contribution in [0.2, 0.25) is 0 Å². The summed E-state index contributed by atoms with van der Waals surface area (Å²) >= 11 is 0. The third kappa shape index (κ3) is 5.13. The minimum absolute atomic E-state index is 0.0370. The number of methoxy groups -OCH3 is 1. The summed E-state index contributed by atoms with van der Waals surface area (Å²) in [4.78, 5) is 27.4. The highest BCUT2D eigenvalue weighted by Gasteiger charge is 2.36. The Morgan fingerprint density at radius 3 is 2.69 bits per heavy atom. The van der Waals surface area contributed by atoms with Crippen LogP contribution >= 0.6 is 0 Å². The van der Waals surface area contributed by atoms with Crippen molar-refractivity contribution in [1.82, 2.24) is 10.2 Å². The van der Waals surface area contributed by atoms with Crippen LogP contribution in [0.15, 0.2) is 54.6 Å². The molecule has 0 radical (unpaired) electrons. The van der Waals surface area contributed by atoms with Crippen LogP contribution in [0.5, 0.6) is 5.75 Å². The number of nitrogens with one attached hydrogen (secondary N) is 1. The molecule has 0 unspecified atom stereocenters. The number of likely N-dealkylation sites (tertiary alicyclic amines) is 1. The molecule has 32 heavy (non-hydrogen) atoms. The molecule has 2 aromatic rings. The Labute approximate surface area is 189 Å². The average molecular weight is 437 g/mol. The second kappa shape index (κ2) is 10.2. The summed E-state index contributed by atoms with van der Waals surface area (Å²) in [6.07, 6.45) is 2.78. The van der Waals surface area contributed by atoms with Crippen LogP contribution in [0.3, 0.4) is 0 Å². The van der Waals surface area contributed by atoms with Crippen LogP contribution in [0, 0.1) is 5.92 Å². The molecule has 2 fully saturated rings. The molecule has 4 rings (SSSR count). The van der Waals surface area contributed by atoms with E-state index >= 15 is 0 Å². The number of hydrogen-bond acceptors (Lipinski definition) is 4. The maximum absolute atomic E-state index is 13.1. The van der Waals surface area contributed by atoms with Crippen molar-refractivity contribution in [3.8, 4) is 5.75 Å². The smallest absolute Gasteiger partial charge is 0.224 e. The predicted molar refractivity (Wildman–Crippen MR) is 122 cm³/mol. The largest absolute Gasteiger partial charge is 0.497 e. The Morgan fingerprint density at radius 2 is 1.94 bits per heavy atom. The fourth-order valence-electron chi connectivity index (χ4n) is 4.79. The quantitative estimate of drug-likeness (QED) is 0.723. The predicted octanol–water partition coefficient (Wildman–Crippen LogP) is 3.30. The number of carbonyl (C=O) groups is 2. The van der Waals surface area contributed by atoms with Crippen molar-refractivity contribution >= 4 is 11.8 Å². The summed E-state index contributed by atoms with van der Waals surface area (Å²) in [5, 5.41) is 3.23. The monoisotopic (exact) mass is 436 g/mol. The minimum atomic E-state index is -0.189. The molecular formula is C26H32N2O4. The van der Waals surface area contributed by atoms with Crippen molar-refractivity contribution in [3.05, 3.63) is 65.7 Å². The van der Waals surface area contributed by atoms with Crippen molar-refractivity contribution in [3.63, 3.8) is 0 Å². The number of nitrogens with zero attached hydrogens (tertiary/aromatic N) is 1. The SMILES string of the molecule is COc1cccc(CN2C[C@H](C(=O)NCC3(c4ccccc4)CCOCC3)CCC2=O)c1. The van der Waals surface area contributed by atoms with Crippen LogP contribution in [-0.2, 0) is 26.3 Å². The van der Waals surface area contributed by atoms with Gasteiger partial charge >= 0.3 is 0 Å². The molecule has 2 aliphatic heterocycles. The zero-order chi connectivity index (χ0) is 22.4. The van der Waals surface area contributed by atoms with Crippen LogP contribution in [0.4, 0.5) is 0 Å². The number of carbonyl (C=O) groups excluding carboxylic acids is 2. The van der Waals surface area contributed by atoms with Gasteiger partial charge in [0, 0.05) is 44.7 Å². The molecule has 0 spiro atoms. The van der Waals surface area contributed by atoms with E-state index in [0.717, 1.165) is 24.2 Å². The number of amides is 2. The van der Waals surface area contributed by atoms with E-state index in [4.69, 9.17) is 9.47 Å². The van der Waals surface area contributed by atoms with Crippen molar-refractivity contribution in [2.24, 2.45) is 5.92 Å². The number of rotatable bonds is 7. The summed E-state index contributed by atoms with van der Waals surface area (Å²) in [6, 6.07) is 18.1. The van der Waals surface area contributed by atoms with E-state index < -0.39 is 0 Å². The molecule has 0 aliphatic carbocycles. The van der Waals surface area contributed by atoms with Gasteiger partial charge < -0.3 is 19.7 Å².